The molecule has 0 atom stereocenters. The van der Waals surface area contributed by atoms with Gasteiger partial charge in [0.2, 0.25) is 5.91 Å². The summed E-state index contributed by atoms with van der Waals surface area (Å²) in [5.74, 6) is 0.0955. The van der Waals surface area contributed by atoms with Crippen LogP contribution in [0.1, 0.15) is 31.4 Å². The molecule has 1 amide bonds. The molecule has 2 fully saturated rings. The lowest BCUT2D eigenvalue weighted by Gasteiger charge is -2.08. The lowest BCUT2D eigenvalue weighted by Crippen LogP contribution is -2.30. The number of aromatic nitrogens is 2. The zero-order valence-electron chi connectivity index (χ0n) is 9.85. The fraction of sp³-hybridized carbons (Fsp3) is 0.667. The van der Waals surface area contributed by atoms with Gasteiger partial charge in [0.05, 0.1) is 12.0 Å². The van der Waals surface area contributed by atoms with Crippen molar-refractivity contribution in [3.63, 3.8) is 0 Å². The van der Waals surface area contributed by atoms with Crippen LogP contribution in [0.2, 0.25) is 0 Å². The van der Waals surface area contributed by atoms with Gasteiger partial charge in [-0.25, -0.2) is 4.98 Å². The smallest absolute Gasteiger partial charge is 0.240 e. The zero-order valence-corrected chi connectivity index (χ0v) is 9.85. The van der Waals surface area contributed by atoms with Gasteiger partial charge in [-0.3, -0.25) is 4.79 Å². The highest BCUT2D eigenvalue weighted by molar-refractivity contribution is 5.76. The van der Waals surface area contributed by atoms with E-state index in [9.17, 15) is 4.79 Å². The van der Waals surface area contributed by atoms with Gasteiger partial charge in [0.15, 0.2) is 0 Å². The van der Waals surface area contributed by atoms with Gasteiger partial charge in [0, 0.05) is 24.8 Å². The molecule has 0 bridgehead atoms. The molecule has 0 radical (unpaired) electrons. The Morgan fingerprint density at radius 3 is 2.82 bits per heavy atom. The van der Waals surface area contributed by atoms with Crippen LogP contribution in [-0.2, 0) is 17.9 Å². The number of hydrogen-bond donors (Lipinski definition) is 2. The van der Waals surface area contributed by atoms with Gasteiger partial charge >= 0.3 is 0 Å². The van der Waals surface area contributed by atoms with E-state index >= 15 is 0 Å². The van der Waals surface area contributed by atoms with E-state index in [0.717, 1.165) is 25.1 Å². The molecule has 2 saturated carbocycles. The third-order valence-corrected chi connectivity index (χ3v) is 3.20. The highest BCUT2D eigenvalue weighted by atomic mass is 16.2. The molecular formula is C12H18N4O. The Balaban J connectivity index is 1.53. The maximum atomic E-state index is 11.7. The van der Waals surface area contributed by atoms with Crippen molar-refractivity contribution in [3.05, 3.63) is 18.2 Å². The molecule has 0 unspecified atom stereocenters. The zero-order chi connectivity index (χ0) is 11.7. The summed E-state index contributed by atoms with van der Waals surface area (Å²) in [5.41, 5.74) is 1.09. The number of imidazole rings is 1. The molecular weight excluding hydrogens is 216 g/mol. The first-order valence-corrected chi connectivity index (χ1v) is 6.33. The van der Waals surface area contributed by atoms with Crippen molar-refractivity contribution in [2.45, 2.75) is 50.9 Å². The summed E-state index contributed by atoms with van der Waals surface area (Å²) in [6.07, 6.45) is 8.38. The summed E-state index contributed by atoms with van der Waals surface area (Å²) >= 11 is 0. The standard InChI is InChI=1S/C12H18N4O/c17-12(15-10-3-4-10)7-16-8-13-5-11(16)6-14-9-1-2-9/h5,8-10,14H,1-4,6-7H2,(H,15,17). The molecule has 2 N–H and O–H groups in total. The normalized spacial score (nSPS) is 19.3. The molecule has 17 heavy (non-hydrogen) atoms. The minimum Gasteiger partial charge on any atom is -0.352 e. The third kappa shape index (κ3) is 3.06. The highest BCUT2D eigenvalue weighted by Gasteiger charge is 2.24. The first kappa shape index (κ1) is 10.8. The monoisotopic (exact) mass is 234 g/mol. The first-order chi connectivity index (χ1) is 8.31. The fourth-order valence-electron chi connectivity index (χ4n) is 1.83. The van der Waals surface area contributed by atoms with Gasteiger partial charge in [-0.15, -0.1) is 0 Å². The predicted molar refractivity (Wildman–Crippen MR) is 63.3 cm³/mol. The Hall–Kier alpha value is -1.36. The second-order valence-electron chi connectivity index (χ2n) is 5.01. The molecule has 0 saturated heterocycles. The van der Waals surface area contributed by atoms with Crippen LogP contribution in [0.15, 0.2) is 12.5 Å². The average Bonchev–Trinajstić information content (AvgIpc) is 3.20. The number of nitrogens with one attached hydrogen (secondary N) is 2. The van der Waals surface area contributed by atoms with Gasteiger partial charge in [0.25, 0.3) is 0 Å². The molecule has 92 valence electrons. The molecule has 1 aromatic rings. The van der Waals surface area contributed by atoms with E-state index in [1.807, 2.05) is 10.8 Å². The largest absolute Gasteiger partial charge is 0.352 e. The minimum atomic E-state index is 0.0955. The van der Waals surface area contributed by atoms with Gasteiger partial charge in [-0.2, -0.15) is 0 Å². The summed E-state index contributed by atoms with van der Waals surface area (Å²) < 4.78 is 1.92. The Kier molecular flexibility index (Phi) is 2.84. The molecule has 0 aromatic carbocycles. The molecule has 1 aromatic heterocycles. The van der Waals surface area contributed by atoms with E-state index in [1.54, 1.807) is 6.33 Å². The number of carbonyl (C=O) groups is 1. The highest BCUT2D eigenvalue weighted by Crippen LogP contribution is 2.19. The summed E-state index contributed by atoms with van der Waals surface area (Å²) in [6.45, 7) is 1.19. The number of amides is 1. The summed E-state index contributed by atoms with van der Waals surface area (Å²) in [5, 5.41) is 6.42. The average molecular weight is 234 g/mol. The SMILES string of the molecule is O=C(Cn1cncc1CNC1CC1)NC1CC1. The fourth-order valence-corrected chi connectivity index (χ4v) is 1.83. The van der Waals surface area contributed by atoms with Gasteiger partial charge in [-0.1, -0.05) is 0 Å². The first-order valence-electron chi connectivity index (χ1n) is 6.33. The van der Waals surface area contributed by atoms with E-state index in [-0.39, 0.29) is 5.91 Å². The van der Waals surface area contributed by atoms with Crippen LogP contribution >= 0.6 is 0 Å². The van der Waals surface area contributed by atoms with Gasteiger partial charge in [0.1, 0.15) is 6.54 Å². The van der Waals surface area contributed by atoms with Gasteiger partial charge in [-0.05, 0) is 25.7 Å². The molecule has 2 aliphatic rings. The molecule has 3 rings (SSSR count). The van der Waals surface area contributed by atoms with Crippen molar-refractivity contribution in [3.8, 4) is 0 Å². The van der Waals surface area contributed by atoms with Crippen LogP contribution in [0.25, 0.3) is 0 Å². The van der Waals surface area contributed by atoms with E-state index in [2.05, 4.69) is 15.6 Å². The van der Waals surface area contributed by atoms with E-state index < -0.39 is 0 Å². The Morgan fingerprint density at radius 1 is 1.35 bits per heavy atom. The predicted octanol–water partition coefficient (Wildman–Crippen LogP) is 0.414. The van der Waals surface area contributed by atoms with Crippen LogP contribution in [0.4, 0.5) is 0 Å². The minimum absolute atomic E-state index is 0.0955. The van der Waals surface area contributed by atoms with Crippen molar-refractivity contribution < 1.29 is 4.79 Å². The van der Waals surface area contributed by atoms with E-state index in [4.69, 9.17) is 0 Å². The molecule has 1 heterocycles. The number of carbonyl (C=O) groups excluding carboxylic acids is 1. The van der Waals surface area contributed by atoms with Gasteiger partial charge < -0.3 is 15.2 Å². The molecule has 0 spiro atoms. The third-order valence-electron chi connectivity index (χ3n) is 3.20. The molecule has 0 aliphatic heterocycles. The van der Waals surface area contributed by atoms with Crippen molar-refractivity contribution in [2.75, 3.05) is 0 Å². The van der Waals surface area contributed by atoms with Crippen molar-refractivity contribution in [1.82, 2.24) is 20.2 Å². The van der Waals surface area contributed by atoms with Crippen LogP contribution in [0, 0.1) is 0 Å². The second-order valence-corrected chi connectivity index (χ2v) is 5.01. The second kappa shape index (κ2) is 4.49. The quantitative estimate of drug-likeness (QED) is 0.749. The lowest BCUT2D eigenvalue weighted by atomic mass is 10.4. The van der Waals surface area contributed by atoms with Crippen LogP contribution in [0.3, 0.4) is 0 Å². The number of nitrogens with zero attached hydrogens (tertiary/aromatic N) is 2. The van der Waals surface area contributed by atoms with Crippen molar-refractivity contribution in [2.24, 2.45) is 0 Å². The van der Waals surface area contributed by atoms with Crippen LogP contribution in [-0.4, -0.2) is 27.5 Å². The lowest BCUT2D eigenvalue weighted by molar-refractivity contribution is -0.121. The van der Waals surface area contributed by atoms with Crippen molar-refractivity contribution >= 4 is 5.91 Å². The van der Waals surface area contributed by atoms with E-state index in [0.29, 0.717) is 18.6 Å². The molecule has 2 aliphatic carbocycles. The van der Waals surface area contributed by atoms with Crippen LogP contribution in [0.5, 0.6) is 0 Å². The number of hydrogen-bond acceptors (Lipinski definition) is 3. The van der Waals surface area contributed by atoms with Crippen LogP contribution < -0.4 is 10.6 Å². The van der Waals surface area contributed by atoms with E-state index in [1.165, 1.54) is 12.8 Å². The topological polar surface area (TPSA) is 59.0 Å². The Bertz CT molecular complexity index is 406. The number of rotatable bonds is 6. The maximum Gasteiger partial charge on any atom is 0.240 e. The van der Waals surface area contributed by atoms with Crippen molar-refractivity contribution in [1.29, 1.82) is 0 Å². The summed E-state index contributed by atoms with van der Waals surface area (Å²) in [4.78, 5) is 15.8. The molecule has 5 heteroatoms. The summed E-state index contributed by atoms with van der Waals surface area (Å²) in [7, 11) is 0. The summed E-state index contributed by atoms with van der Waals surface area (Å²) in [6, 6.07) is 1.11. The maximum absolute atomic E-state index is 11.7. The Labute approximate surface area is 101 Å². The Morgan fingerprint density at radius 2 is 2.12 bits per heavy atom. The molecule has 5 nitrogen and oxygen atoms in total.